The van der Waals surface area contributed by atoms with Crippen LogP contribution >= 0.6 is 0 Å². The highest BCUT2D eigenvalue weighted by molar-refractivity contribution is 5.89. The molecule has 126 valence electrons. The third kappa shape index (κ3) is 4.53. The summed E-state index contributed by atoms with van der Waals surface area (Å²) in [5, 5.41) is 9.34. The van der Waals surface area contributed by atoms with Gasteiger partial charge in [-0.3, -0.25) is 4.90 Å². The van der Waals surface area contributed by atoms with Crippen molar-refractivity contribution >= 4 is 5.97 Å². The number of hydrogen-bond donors (Lipinski definition) is 1. The molecule has 2 heterocycles. The van der Waals surface area contributed by atoms with Gasteiger partial charge in [0.1, 0.15) is 0 Å². The molecular formula is C18H26N2O3. The minimum Gasteiger partial charge on any atom is -0.478 e. The molecule has 1 aromatic carbocycles. The van der Waals surface area contributed by atoms with Crippen molar-refractivity contribution in [2.24, 2.45) is 0 Å². The molecule has 2 saturated heterocycles. The maximum atomic E-state index is 11.4. The molecule has 23 heavy (non-hydrogen) atoms. The third-order valence-electron chi connectivity index (χ3n) is 4.74. The van der Waals surface area contributed by atoms with Gasteiger partial charge in [0.2, 0.25) is 0 Å². The van der Waals surface area contributed by atoms with Gasteiger partial charge in [0.25, 0.3) is 0 Å². The Balaban J connectivity index is 1.63. The van der Waals surface area contributed by atoms with Crippen molar-refractivity contribution in [2.45, 2.75) is 31.9 Å². The lowest BCUT2D eigenvalue weighted by Gasteiger charge is -2.27. The van der Waals surface area contributed by atoms with Crippen LogP contribution in [0.1, 0.15) is 35.2 Å². The molecule has 1 aromatic rings. The highest BCUT2D eigenvalue weighted by Gasteiger charge is 2.23. The molecule has 2 aliphatic rings. The zero-order chi connectivity index (χ0) is 16.1. The smallest absolute Gasteiger partial charge is 0.336 e. The Bertz CT molecular complexity index is 529. The van der Waals surface area contributed by atoms with Crippen molar-refractivity contribution in [3.05, 3.63) is 35.4 Å². The minimum absolute atomic E-state index is 0.229. The summed E-state index contributed by atoms with van der Waals surface area (Å²) in [6.45, 7) is 6.69. The molecule has 1 N–H and O–H groups in total. The second-order valence-corrected chi connectivity index (χ2v) is 6.55. The number of carboxylic acid groups (broad SMARTS) is 1. The lowest BCUT2D eigenvalue weighted by Crippen LogP contribution is -2.39. The molecule has 0 radical (unpaired) electrons. The molecule has 2 fully saturated rings. The summed E-state index contributed by atoms with van der Waals surface area (Å²) in [7, 11) is 0. The second kappa shape index (κ2) is 7.90. The van der Waals surface area contributed by atoms with Gasteiger partial charge < -0.3 is 14.7 Å². The predicted molar refractivity (Wildman–Crippen MR) is 88.7 cm³/mol. The first-order valence-corrected chi connectivity index (χ1v) is 8.60. The molecule has 3 rings (SSSR count). The first-order valence-electron chi connectivity index (χ1n) is 8.60. The van der Waals surface area contributed by atoms with Crippen LogP contribution in [0.4, 0.5) is 0 Å². The Morgan fingerprint density at radius 2 is 1.87 bits per heavy atom. The van der Waals surface area contributed by atoms with Crippen molar-refractivity contribution in [3.63, 3.8) is 0 Å². The molecule has 0 spiro atoms. The largest absolute Gasteiger partial charge is 0.478 e. The van der Waals surface area contributed by atoms with E-state index in [1.54, 1.807) is 12.1 Å². The minimum atomic E-state index is -0.847. The molecule has 0 aliphatic carbocycles. The second-order valence-electron chi connectivity index (χ2n) is 6.55. The van der Waals surface area contributed by atoms with E-state index < -0.39 is 5.97 Å². The first kappa shape index (κ1) is 16.4. The number of likely N-dealkylation sites (tertiary alicyclic amines) is 1. The average Bonchev–Trinajstić information content (AvgIpc) is 2.94. The van der Waals surface area contributed by atoms with E-state index in [0.29, 0.717) is 12.1 Å². The van der Waals surface area contributed by atoms with Crippen molar-refractivity contribution < 1.29 is 14.6 Å². The van der Waals surface area contributed by atoms with Crippen LogP contribution in [-0.4, -0.2) is 66.3 Å². The van der Waals surface area contributed by atoms with Crippen molar-refractivity contribution in [1.29, 1.82) is 0 Å². The number of nitrogens with zero attached hydrogens (tertiary/aromatic N) is 2. The highest BCUT2D eigenvalue weighted by atomic mass is 16.5. The van der Waals surface area contributed by atoms with Crippen LogP contribution in [-0.2, 0) is 11.3 Å². The normalized spacial score (nSPS) is 23.7. The summed E-state index contributed by atoms with van der Waals surface area (Å²) < 4.78 is 6.01. The molecule has 0 saturated carbocycles. The van der Waals surface area contributed by atoms with Crippen LogP contribution in [0.2, 0.25) is 0 Å². The van der Waals surface area contributed by atoms with Gasteiger partial charge in [-0.15, -0.1) is 0 Å². The van der Waals surface area contributed by atoms with E-state index in [1.807, 2.05) is 12.1 Å². The quantitative estimate of drug-likeness (QED) is 0.901. The van der Waals surface area contributed by atoms with Crippen LogP contribution in [0.15, 0.2) is 24.3 Å². The molecular weight excluding hydrogens is 292 g/mol. The van der Waals surface area contributed by atoms with E-state index in [-0.39, 0.29) is 6.10 Å². The molecule has 0 unspecified atom stereocenters. The Labute approximate surface area is 137 Å². The number of carboxylic acids is 1. The number of ether oxygens (including phenoxy) is 1. The van der Waals surface area contributed by atoms with Crippen molar-refractivity contribution in [2.75, 3.05) is 39.3 Å². The summed E-state index contributed by atoms with van der Waals surface area (Å²) in [4.78, 5) is 16.2. The third-order valence-corrected chi connectivity index (χ3v) is 4.74. The Hall–Kier alpha value is -1.43. The topological polar surface area (TPSA) is 53.0 Å². The number of aromatic carboxylic acids is 1. The summed E-state index contributed by atoms with van der Waals surface area (Å²) in [5.74, 6) is -0.847. The van der Waals surface area contributed by atoms with Gasteiger partial charge in [-0.1, -0.05) is 18.2 Å². The maximum absolute atomic E-state index is 11.4. The van der Waals surface area contributed by atoms with E-state index in [0.717, 1.165) is 38.2 Å². The fourth-order valence-corrected chi connectivity index (χ4v) is 3.59. The Morgan fingerprint density at radius 1 is 1.13 bits per heavy atom. The first-order chi connectivity index (χ1) is 11.2. The van der Waals surface area contributed by atoms with Crippen LogP contribution < -0.4 is 0 Å². The molecule has 1 atom stereocenters. The number of rotatable bonds is 5. The molecule has 5 nitrogen and oxygen atoms in total. The van der Waals surface area contributed by atoms with Crippen LogP contribution in [0.3, 0.4) is 0 Å². The molecule has 0 aromatic heterocycles. The van der Waals surface area contributed by atoms with Crippen LogP contribution in [0.5, 0.6) is 0 Å². The zero-order valence-corrected chi connectivity index (χ0v) is 13.6. The summed E-state index contributed by atoms with van der Waals surface area (Å²) in [5.41, 5.74) is 1.30. The Morgan fingerprint density at radius 3 is 2.65 bits per heavy atom. The number of carbonyl (C=O) groups is 1. The summed E-state index contributed by atoms with van der Waals surface area (Å²) in [6, 6.07) is 7.31. The van der Waals surface area contributed by atoms with Gasteiger partial charge in [0, 0.05) is 32.8 Å². The average molecular weight is 318 g/mol. The van der Waals surface area contributed by atoms with E-state index in [1.165, 1.54) is 25.9 Å². The molecule has 0 bridgehead atoms. The Kier molecular flexibility index (Phi) is 5.65. The summed E-state index contributed by atoms with van der Waals surface area (Å²) in [6.07, 6.45) is 3.82. The fraction of sp³-hybridized carbons (Fsp3) is 0.611. The van der Waals surface area contributed by atoms with Gasteiger partial charge >= 0.3 is 5.97 Å². The van der Waals surface area contributed by atoms with Gasteiger partial charge in [-0.25, -0.2) is 4.79 Å². The van der Waals surface area contributed by atoms with Gasteiger partial charge in [0.05, 0.1) is 11.7 Å². The number of hydrogen-bond acceptors (Lipinski definition) is 4. The van der Waals surface area contributed by atoms with Gasteiger partial charge in [0.15, 0.2) is 0 Å². The van der Waals surface area contributed by atoms with Crippen molar-refractivity contribution in [3.8, 4) is 0 Å². The molecule has 2 aliphatic heterocycles. The maximum Gasteiger partial charge on any atom is 0.336 e. The van der Waals surface area contributed by atoms with Gasteiger partial charge in [-0.2, -0.15) is 0 Å². The predicted octanol–water partition coefficient (Wildman–Crippen LogP) is 2.07. The summed E-state index contributed by atoms with van der Waals surface area (Å²) >= 11 is 0. The van der Waals surface area contributed by atoms with E-state index in [9.17, 15) is 9.90 Å². The van der Waals surface area contributed by atoms with Gasteiger partial charge in [-0.05, 0) is 44.0 Å². The van der Waals surface area contributed by atoms with Crippen LogP contribution in [0.25, 0.3) is 0 Å². The molecule has 5 heteroatoms. The monoisotopic (exact) mass is 318 g/mol. The van der Waals surface area contributed by atoms with E-state index in [4.69, 9.17) is 4.74 Å². The number of benzene rings is 1. The molecule has 0 amide bonds. The standard InChI is InChI=1S/C18H26N2O3/c21-18(22)17-7-2-1-6-15(17)12-20-10-5-11-23-16(14-20)13-19-8-3-4-9-19/h1-2,6-7,16H,3-5,8-14H2,(H,21,22)/t16-/m0/s1. The lowest BCUT2D eigenvalue weighted by molar-refractivity contribution is 0.0307. The fourth-order valence-electron chi connectivity index (χ4n) is 3.59. The lowest BCUT2D eigenvalue weighted by atomic mass is 10.1. The van der Waals surface area contributed by atoms with E-state index >= 15 is 0 Å². The highest BCUT2D eigenvalue weighted by Crippen LogP contribution is 2.16. The van der Waals surface area contributed by atoms with E-state index in [2.05, 4.69) is 9.80 Å². The SMILES string of the molecule is O=C(O)c1ccccc1CN1CCCO[C@@H](CN2CCCC2)C1. The van der Waals surface area contributed by atoms with Crippen molar-refractivity contribution in [1.82, 2.24) is 9.80 Å². The van der Waals surface area contributed by atoms with Crippen LogP contribution in [0, 0.1) is 0 Å². The zero-order valence-electron chi connectivity index (χ0n) is 13.6.